The van der Waals surface area contributed by atoms with Crippen molar-refractivity contribution in [1.29, 1.82) is 0 Å². The quantitative estimate of drug-likeness (QED) is 0.417. The first-order valence-electron chi connectivity index (χ1n) is 2.39. The number of quaternary nitrogens is 1. The normalized spacial score (nSPS) is 42.0. The van der Waals surface area contributed by atoms with Gasteiger partial charge in [0.15, 0.2) is 0 Å². The molecule has 0 saturated carbocycles. The number of thioether (sulfide) groups is 1. The first kappa shape index (κ1) is 5.41. The van der Waals surface area contributed by atoms with Crippen LogP contribution >= 0.6 is 11.8 Å². The molecule has 2 atom stereocenters. The van der Waals surface area contributed by atoms with Crippen LogP contribution in [0.3, 0.4) is 0 Å². The van der Waals surface area contributed by atoms with Crippen LogP contribution in [0.5, 0.6) is 0 Å². The molecule has 1 aliphatic heterocycles. The molecule has 0 aliphatic carbocycles. The second-order valence-electron chi connectivity index (χ2n) is 1.86. The summed E-state index contributed by atoms with van der Waals surface area (Å²) in [6.07, 6.45) is -0.134. The van der Waals surface area contributed by atoms with Gasteiger partial charge < -0.3 is 10.8 Å². The Morgan fingerprint density at radius 2 is 2.29 bits per heavy atom. The lowest BCUT2D eigenvalue weighted by Crippen LogP contribution is -2.66. The molecule has 2 nitrogen and oxygen atoms in total. The summed E-state index contributed by atoms with van der Waals surface area (Å²) in [4.78, 5) is 0. The van der Waals surface area contributed by atoms with E-state index >= 15 is 0 Å². The molecule has 0 spiro atoms. The van der Waals surface area contributed by atoms with Gasteiger partial charge in [0.05, 0.1) is 0 Å². The molecule has 3 heteroatoms. The average molecular weight is 120 g/mol. The molecule has 4 N–H and O–H groups in total. The topological polar surface area (TPSA) is 47.9 Å². The van der Waals surface area contributed by atoms with Gasteiger partial charge >= 0.3 is 0 Å². The van der Waals surface area contributed by atoms with Crippen LogP contribution < -0.4 is 5.73 Å². The zero-order chi connectivity index (χ0) is 5.28. The highest BCUT2D eigenvalue weighted by Gasteiger charge is 2.24. The van der Waals surface area contributed by atoms with Gasteiger partial charge in [-0.3, -0.25) is 0 Å². The molecule has 0 amide bonds. The Bertz CT molecular complexity index is 60.7. The number of hydrogen-bond acceptors (Lipinski definition) is 2. The Hall–Kier alpha value is 0.270. The molecule has 1 heterocycles. The molecule has 42 valence electrons. The molecule has 7 heavy (non-hydrogen) atoms. The lowest BCUT2D eigenvalue weighted by molar-refractivity contribution is -0.425. The van der Waals surface area contributed by atoms with E-state index in [9.17, 15) is 0 Å². The van der Waals surface area contributed by atoms with Crippen molar-refractivity contribution in [2.24, 2.45) is 0 Å². The van der Waals surface area contributed by atoms with Gasteiger partial charge in [-0.25, -0.2) is 0 Å². The minimum absolute atomic E-state index is 0.134. The van der Waals surface area contributed by atoms with Gasteiger partial charge in [0.2, 0.25) is 0 Å². The number of hydrogen-bond donors (Lipinski definition) is 2. The third-order valence-corrected chi connectivity index (χ3v) is 2.41. The molecule has 1 saturated heterocycles. The molecular weight excluding hydrogens is 110 g/mol. The van der Waals surface area contributed by atoms with Gasteiger partial charge in [-0.1, -0.05) is 0 Å². The average Bonchev–Trinajstić information content (AvgIpc) is 1.91. The predicted octanol–water partition coefficient (Wildman–Crippen LogP) is -1.30. The maximum absolute atomic E-state index is 8.91. The monoisotopic (exact) mass is 120 g/mol. The SMILES string of the molecule is [NH3+][C@H]1CSC[C@@H]1O. The van der Waals surface area contributed by atoms with Crippen molar-refractivity contribution in [2.45, 2.75) is 12.1 Å². The lowest BCUT2D eigenvalue weighted by Gasteiger charge is -1.99. The Balaban J connectivity index is 2.33. The van der Waals surface area contributed by atoms with Crippen molar-refractivity contribution in [3.63, 3.8) is 0 Å². The zero-order valence-corrected chi connectivity index (χ0v) is 4.95. The van der Waals surface area contributed by atoms with Gasteiger partial charge in [-0.05, 0) is 0 Å². The van der Waals surface area contributed by atoms with E-state index in [1.807, 2.05) is 0 Å². The standard InChI is InChI=1S/C4H9NOS/c5-3-1-7-2-4(3)6/h3-4,6H,1-2,5H2/p+1/t3-,4-/m0/s1. The smallest absolute Gasteiger partial charge is 0.121 e. The number of rotatable bonds is 0. The fourth-order valence-corrected chi connectivity index (χ4v) is 1.76. The first-order chi connectivity index (χ1) is 3.30. The Labute approximate surface area is 47.1 Å². The van der Waals surface area contributed by atoms with Crippen molar-refractivity contribution >= 4 is 11.8 Å². The van der Waals surface area contributed by atoms with Crippen LogP contribution in [-0.2, 0) is 0 Å². The Kier molecular flexibility index (Phi) is 1.57. The summed E-state index contributed by atoms with van der Waals surface area (Å²) in [7, 11) is 0. The van der Waals surface area contributed by atoms with Crippen molar-refractivity contribution < 1.29 is 10.8 Å². The fourth-order valence-electron chi connectivity index (χ4n) is 0.587. The van der Waals surface area contributed by atoms with E-state index in [0.717, 1.165) is 11.5 Å². The largest absolute Gasteiger partial charge is 0.386 e. The van der Waals surface area contributed by atoms with Crippen LogP contribution in [0.25, 0.3) is 0 Å². The molecule has 0 unspecified atom stereocenters. The van der Waals surface area contributed by atoms with Crippen LogP contribution in [0.2, 0.25) is 0 Å². The van der Waals surface area contributed by atoms with E-state index < -0.39 is 0 Å². The summed E-state index contributed by atoms with van der Waals surface area (Å²) < 4.78 is 0. The van der Waals surface area contributed by atoms with Crippen LogP contribution in [0, 0.1) is 0 Å². The molecule has 0 aromatic carbocycles. The summed E-state index contributed by atoms with van der Waals surface area (Å²) >= 11 is 1.78. The summed E-state index contributed by atoms with van der Waals surface area (Å²) in [6, 6.07) is 0.282. The van der Waals surface area contributed by atoms with Gasteiger partial charge in [-0.15, -0.1) is 0 Å². The van der Waals surface area contributed by atoms with Crippen molar-refractivity contribution in [1.82, 2.24) is 0 Å². The van der Waals surface area contributed by atoms with Crippen LogP contribution in [0.15, 0.2) is 0 Å². The van der Waals surface area contributed by atoms with E-state index in [1.165, 1.54) is 0 Å². The van der Waals surface area contributed by atoms with Gasteiger partial charge in [-0.2, -0.15) is 11.8 Å². The van der Waals surface area contributed by atoms with Crippen LogP contribution in [0.1, 0.15) is 0 Å². The van der Waals surface area contributed by atoms with Crippen molar-refractivity contribution in [2.75, 3.05) is 11.5 Å². The highest BCUT2D eigenvalue weighted by molar-refractivity contribution is 7.99. The van der Waals surface area contributed by atoms with E-state index in [2.05, 4.69) is 5.73 Å². The van der Waals surface area contributed by atoms with Crippen molar-refractivity contribution in [3.05, 3.63) is 0 Å². The molecule has 1 fully saturated rings. The molecule has 1 aliphatic rings. The van der Waals surface area contributed by atoms with Gasteiger partial charge in [0.1, 0.15) is 12.1 Å². The Morgan fingerprint density at radius 1 is 1.57 bits per heavy atom. The maximum Gasteiger partial charge on any atom is 0.121 e. The highest BCUT2D eigenvalue weighted by Crippen LogP contribution is 2.14. The molecule has 0 bridgehead atoms. The molecule has 1 rings (SSSR count). The summed E-state index contributed by atoms with van der Waals surface area (Å²) in [5.41, 5.74) is 3.75. The van der Waals surface area contributed by atoms with E-state index in [-0.39, 0.29) is 12.1 Å². The minimum Gasteiger partial charge on any atom is -0.386 e. The number of aliphatic hydroxyl groups is 1. The van der Waals surface area contributed by atoms with Crippen molar-refractivity contribution in [3.8, 4) is 0 Å². The summed E-state index contributed by atoms with van der Waals surface area (Å²) in [6.45, 7) is 0. The van der Waals surface area contributed by atoms with Crippen LogP contribution in [-0.4, -0.2) is 28.8 Å². The Morgan fingerprint density at radius 3 is 2.43 bits per heavy atom. The fraction of sp³-hybridized carbons (Fsp3) is 1.00. The highest BCUT2D eigenvalue weighted by atomic mass is 32.2. The van der Waals surface area contributed by atoms with Gasteiger partial charge in [0.25, 0.3) is 0 Å². The van der Waals surface area contributed by atoms with E-state index in [0.29, 0.717) is 0 Å². The van der Waals surface area contributed by atoms with E-state index in [1.54, 1.807) is 11.8 Å². The summed E-state index contributed by atoms with van der Waals surface area (Å²) in [5, 5.41) is 8.91. The molecule has 0 aromatic heterocycles. The third-order valence-electron chi connectivity index (χ3n) is 1.16. The zero-order valence-electron chi connectivity index (χ0n) is 4.13. The van der Waals surface area contributed by atoms with Crippen LogP contribution in [0.4, 0.5) is 0 Å². The molecule has 0 aromatic rings. The second kappa shape index (κ2) is 2.03. The second-order valence-corrected chi connectivity index (χ2v) is 2.94. The minimum atomic E-state index is -0.134. The number of aliphatic hydroxyl groups excluding tert-OH is 1. The van der Waals surface area contributed by atoms with Gasteiger partial charge in [0, 0.05) is 11.5 Å². The first-order valence-corrected chi connectivity index (χ1v) is 3.55. The van der Waals surface area contributed by atoms with E-state index in [4.69, 9.17) is 5.11 Å². The maximum atomic E-state index is 8.91. The molecular formula is C4H10NOS+. The predicted molar refractivity (Wildman–Crippen MR) is 30.0 cm³/mol. The summed E-state index contributed by atoms with van der Waals surface area (Å²) in [5.74, 6) is 1.91. The molecule has 0 radical (unpaired) electrons. The third kappa shape index (κ3) is 1.08. The lowest BCUT2D eigenvalue weighted by atomic mass is 10.2.